The van der Waals surface area contributed by atoms with E-state index in [1.54, 1.807) is 7.05 Å². The van der Waals surface area contributed by atoms with Crippen molar-refractivity contribution in [1.29, 1.82) is 0 Å². The normalized spacial score (nSPS) is 13.7. The van der Waals surface area contributed by atoms with E-state index < -0.39 is 0 Å². The number of hydrogen-bond donors (Lipinski definition) is 1. The molecule has 29 heavy (non-hydrogen) atoms. The van der Waals surface area contributed by atoms with E-state index in [1.165, 1.54) is 0 Å². The Balaban J connectivity index is 2.35. The summed E-state index contributed by atoms with van der Waals surface area (Å²) in [6.45, 7) is 16.8. The van der Waals surface area contributed by atoms with Crippen LogP contribution in [0.2, 0.25) is 0 Å². The van der Waals surface area contributed by atoms with Crippen LogP contribution in [-0.4, -0.2) is 45.8 Å². The lowest BCUT2D eigenvalue weighted by Crippen LogP contribution is -2.32. The monoisotopic (exact) mass is 410 g/mol. The Kier molecular flexibility index (Phi) is 10.3. The maximum absolute atomic E-state index is 11.4. The third-order valence-electron chi connectivity index (χ3n) is 5.58. The highest BCUT2D eigenvalue weighted by molar-refractivity contribution is 5.75. The van der Waals surface area contributed by atoms with Gasteiger partial charge in [0.25, 0.3) is 0 Å². The molecule has 1 rings (SSSR count). The van der Waals surface area contributed by atoms with Crippen LogP contribution < -0.4 is 5.32 Å². The van der Waals surface area contributed by atoms with Crippen LogP contribution in [-0.2, 0) is 27.4 Å². The first kappa shape index (κ1) is 25.6. The molecule has 1 heterocycles. The molecule has 0 aromatic carbocycles. The lowest BCUT2D eigenvalue weighted by molar-refractivity contribution is -0.123. The van der Waals surface area contributed by atoms with Gasteiger partial charge < -0.3 is 14.8 Å². The van der Waals surface area contributed by atoms with Crippen LogP contribution in [0.4, 0.5) is 0 Å². The van der Waals surface area contributed by atoms with Gasteiger partial charge in [-0.2, -0.15) is 0 Å². The van der Waals surface area contributed by atoms with Gasteiger partial charge in [0.1, 0.15) is 5.69 Å². The average molecular weight is 411 g/mol. The molecule has 1 unspecified atom stereocenters. The van der Waals surface area contributed by atoms with Crippen molar-refractivity contribution in [1.82, 2.24) is 20.3 Å². The first-order chi connectivity index (χ1) is 13.4. The minimum absolute atomic E-state index is 0.0389. The zero-order valence-electron chi connectivity index (χ0n) is 19.7. The van der Waals surface area contributed by atoms with Gasteiger partial charge in [0.15, 0.2) is 0 Å². The lowest BCUT2D eigenvalue weighted by Gasteiger charge is -2.29. The van der Waals surface area contributed by atoms with Crippen LogP contribution in [0.1, 0.15) is 79.8 Å². The largest absolute Gasteiger partial charge is 0.375 e. The van der Waals surface area contributed by atoms with Crippen molar-refractivity contribution >= 4 is 5.91 Å². The van der Waals surface area contributed by atoms with Crippen molar-refractivity contribution in [2.24, 2.45) is 11.8 Å². The summed E-state index contributed by atoms with van der Waals surface area (Å²) in [4.78, 5) is 11.4. The van der Waals surface area contributed by atoms with Gasteiger partial charge in [-0.25, -0.2) is 0 Å². The second-order valence-electron chi connectivity index (χ2n) is 9.56. The Hall–Kier alpha value is -1.47. The first-order valence-corrected chi connectivity index (χ1v) is 10.8. The van der Waals surface area contributed by atoms with Gasteiger partial charge >= 0.3 is 0 Å². The molecule has 1 atom stereocenters. The Morgan fingerprint density at radius 3 is 2.41 bits per heavy atom. The standard InChI is InChI=1S/C22H42N4O3/c1-17(2)18(3)10-13-26-15-19(24-25-26)16-29-22(6,7)12-14-28-21(4,5)11-9-20(27)23-8/h15,17-18H,9-14,16H2,1-8H3,(H,23,27). The minimum Gasteiger partial charge on any atom is -0.375 e. The predicted octanol–water partition coefficient (Wildman–Crippen LogP) is 3.97. The second kappa shape index (κ2) is 11.6. The number of nitrogens with zero attached hydrogens (tertiary/aromatic N) is 3. The number of aryl methyl sites for hydroxylation is 1. The molecule has 0 saturated heterocycles. The number of rotatable bonds is 14. The molecule has 0 bridgehead atoms. The van der Waals surface area contributed by atoms with Crippen LogP contribution in [0.15, 0.2) is 6.20 Å². The van der Waals surface area contributed by atoms with Crippen LogP contribution in [0.25, 0.3) is 0 Å². The number of ether oxygens (including phenoxy) is 2. The number of amides is 1. The molecule has 7 heteroatoms. The van der Waals surface area contributed by atoms with Gasteiger partial charge in [0, 0.05) is 20.0 Å². The molecule has 168 valence electrons. The Labute approximate surface area is 176 Å². The fourth-order valence-electron chi connectivity index (χ4n) is 2.71. The Morgan fingerprint density at radius 2 is 1.79 bits per heavy atom. The molecular formula is C22H42N4O3. The maximum Gasteiger partial charge on any atom is 0.219 e. The summed E-state index contributed by atoms with van der Waals surface area (Å²) >= 11 is 0. The molecule has 0 aliphatic heterocycles. The third kappa shape index (κ3) is 10.8. The average Bonchev–Trinajstić information content (AvgIpc) is 3.10. The van der Waals surface area contributed by atoms with Gasteiger partial charge in [0.05, 0.1) is 30.6 Å². The van der Waals surface area contributed by atoms with E-state index in [9.17, 15) is 4.79 Å². The minimum atomic E-state index is -0.335. The fourth-order valence-corrected chi connectivity index (χ4v) is 2.71. The summed E-state index contributed by atoms with van der Waals surface area (Å²) in [5.74, 6) is 1.38. The molecule has 7 nitrogen and oxygen atoms in total. The second-order valence-corrected chi connectivity index (χ2v) is 9.56. The Bertz CT molecular complexity index is 611. The molecule has 0 fully saturated rings. The van der Waals surface area contributed by atoms with Crippen molar-refractivity contribution in [2.45, 2.75) is 98.5 Å². The van der Waals surface area contributed by atoms with Crippen molar-refractivity contribution in [3.8, 4) is 0 Å². The zero-order valence-corrected chi connectivity index (χ0v) is 19.7. The number of carbonyl (C=O) groups excluding carboxylic acids is 1. The SMILES string of the molecule is CNC(=O)CCC(C)(C)OCCC(C)(C)OCc1cn(CCC(C)C(C)C)nn1. The summed E-state index contributed by atoms with van der Waals surface area (Å²) in [6, 6.07) is 0. The van der Waals surface area contributed by atoms with E-state index in [0.717, 1.165) is 25.1 Å². The van der Waals surface area contributed by atoms with E-state index >= 15 is 0 Å². The molecule has 1 aromatic rings. The highest BCUT2D eigenvalue weighted by Crippen LogP contribution is 2.21. The van der Waals surface area contributed by atoms with E-state index in [1.807, 2.05) is 24.7 Å². The van der Waals surface area contributed by atoms with E-state index in [2.05, 4.69) is 50.2 Å². The molecule has 0 aliphatic rings. The topological polar surface area (TPSA) is 78.3 Å². The van der Waals surface area contributed by atoms with Gasteiger partial charge in [-0.1, -0.05) is 26.0 Å². The fraction of sp³-hybridized carbons (Fsp3) is 0.864. The van der Waals surface area contributed by atoms with Gasteiger partial charge in [-0.05, 0) is 58.8 Å². The predicted molar refractivity (Wildman–Crippen MR) is 115 cm³/mol. The molecule has 0 saturated carbocycles. The van der Waals surface area contributed by atoms with Gasteiger partial charge in [-0.15, -0.1) is 5.10 Å². The van der Waals surface area contributed by atoms with E-state index in [0.29, 0.717) is 37.9 Å². The van der Waals surface area contributed by atoms with Crippen LogP contribution in [0, 0.1) is 11.8 Å². The van der Waals surface area contributed by atoms with Crippen LogP contribution >= 0.6 is 0 Å². The Morgan fingerprint density at radius 1 is 1.14 bits per heavy atom. The quantitative estimate of drug-likeness (QED) is 0.502. The summed E-state index contributed by atoms with van der Waals surface area (Å²) < 4.78 is 14.0. The lowest BCUT2D eigenvalue weighted by atomic mass is 9.95. The van der Waals surface area contributed by atoms with Crippen LogP contribution in [0.3, 0.4) is 0 Å². The summed E-state index contributed by atoms with van der Waals surface area (Å²) in [5.41, 5.74) is 0.188. The molecule has 0 radical (unpaired) electrons. The van der Waals surface area contributed by atoms with Crippen molar-refractivity contribution in [3.05, 3.63) is 11.9 Å². The maximum atomic E-state index is 11.4. The highest BCUT2D eigenvalue weighted by atomic mass is 16.5. The molecule has 0 aliphatic carbocycles. The summed E-state index contributed by atoms with van der Waals surface area (Å²) in [5, 5.41) is 11.1. The summed E-state index contributed by atoms with van der Waals surface area (Å²) in [7, 11) is 1.65. The van der Waals surface area contributed by atoms with Crippen molar-refractivity contribution in [2.75, 3.05) is 13.7 Å². The third-order valence-corrected chi connectivity index (χ3v) is 5.58. The van der Waals surface area contributed by atoms with E-state index in [4.69, 9.17) is 9.47 Å². The van der Waals surface area contributed by atoms with Gasteiger partial charge in [0.2, 0.25) is 5.91 Å². The van der Waals surface area contributed by atoms with Gasteiger partial charge in [-0.3, -0.25) is 9.48 Å². The number of carbonyl (C=O) groups is 1. The molecular weight excluding hydrogens is 368 g/mol. The highest BCUT2D eigenvalue weighted by Gasteiger charge is 2.24. The number of aromatic nitrogens is 3. The summed E-state index contributed by atoms with van der Waals surface area (Å²) in [6.07, 6.45) is 4.99. The van der Waals surface area contributed by atoms with E-state index in [-0.39, 0.29) is 17.1 Å². The zero-order chi connectivity index (χ0) is 22.1. The first-order valence-electron chi connectivity index (χ1n) is 10.8. The van der Waals surface area contributed by atoms with Crippen molar-refractivity contribution < 1.29 is 14.3 Å². The molecule has 1 aromatic heterocycles. The van der Waals surface area contributed by atoms with Crippen molar-refractivity contribution in [3.63, 3.8) is 0 Å². The molecule has 0 spiro atoms. The smallest absolute Gasteiger partial charge is 0.219 e. The van der Waals surface area contributed by atoms with Crippen LogP contribution in [0.5, 0.6) is 0 Å². The number of hydrogen-bond acceptors (Lipinski definition) is 5. The number of nitrogens with one attached hydrogen (secondary N) is 1. The molecule has 1 N–H and O–H groups in total. The molecule has 1 amide bonds.